The number of nitrogens with two attached hydrogens (primary N) is 2. The predicted molar refractivity (Wildman–Crippen MR) is 157 cm³/mol. The summed E-state index contributed by atoms with van der Waals surface area (Å²) in [5.41, 5.74) is 11.4. The maximum atomic E-state index is 13.1. The van der Waals surface area contributed by atoms with Crippen LogP contribution in [0.15, 0.2) is 35.3 Å². The molecular weight excluding hydrogens is 546 g/mol. The van der Waals surface area contributed by atoms with E-state index in [2.05, 4.69) is 26.3 Å². The lowest BCUT2D eigenvalue weighted by atomic mass is 10.0. The number of aldehydes is 1. The van der Waals surface area contributed by atoms with Gasteiger partial charge in [-0.2, -0.15) is 0 Å². The zero-order valence-electron chi connectivity index (χ0n) is 24.7. The van der Waals surface area contributed by atoms with Crippen LogP contribution in [0.5, 0.6) is 0 Å². The number of aliphatic imine (C=N–C) groups is 1. The van der Waals surface area contributed by atoms with E-state index in [4.69, 9.17) is 16.2 Å². The predicted octanol–water partition coefficient (Wildman–Crippen LogP) is -0.317. The van der Waals surface area contributed by atoms with Gasteiger partial charge in [-0.05, 0) is 36.7 Å². The maximum Gasteiger partial charge on any atom is 0.408 e. The van der Waals surface area contributed by atoms with E-state index >= 15 is 0 Å². The van der Waals surface area contributed by atoms with Gasteiger partial charge in [0.05, 0.1) is 12.6 Å². The number of aliphatic hydroxyl groups excluding tert-OH is 1. The van der Waals surface area contributed by atoms with Crippen molar-refractivity contribution in [2.75, 3.05) is 13.2 Å². The van der Waals surface area contributed by atoms with Crippen molar-refractivity contribution in [3.8, 4) is 0 Å². The summed E-state index contributed by atoms with van der Waals surface area (Å²) in [6.45, 7) is 6.58. The zero-order valence-corrected chi connectivity index (χ0v) is 24.7. The van der Waals surface area contributed by atoms with Gasteiger partial charge in [-0.3, -0.25) is 19.4 Å². The third-order valence-corrected chi connectivity index (χ3v) is 6.05. The highest BCUT2D eigenvalue weighted by Crippen LogP contribution is 2.08. The first-order chi connectivity index (χ1) is 19.9. The number of nitrogens with one attached hydrogen (secondary N) is 4. The standard InChI is InChI=1S/C28H45N7O7/c1-17(2)13-20(14-36)32-26(40)23(18(3)4)35-25(39)22(15-37)33-24(38)21(11-8-12-31-27(29)30)34-28(41)42-16-19-9-6-5-7-10-19/h5-7,9-10,14,17-18,20-23,37H,8,11-13,15-16H2,1-4H3,(H,32,40)(H,33,38)(H,34,41)(H,35,39)(H4,29,30,31)/t20-,21-,22-,23-/m0/s1. The summed E-state index contributed by atoms with van der Waals surface area (Å²) in [6, 6.07) is 4.57. The summed E-state index contributed by atoms with van der Waals surface area (Å²) >= 11 is 0. The van der Waals surface area contributed by atoms with Gasteiger partial charge in [0.1, 0.15) is 31.0 Å². The van der Waals surface area contributed by atoms with Crippen LogP contribution in [0.3, 0.4) is 0 Å². The molecule has 0 unspecified atom stereocenters. The van der Waals surface area contributed by atoms with E-state index in [0.29, 0.717) is 19.1 Å². The Labute approximate surface area is 246 Å². The number of nitrogens with zero attached hydrogens (tertiary/aromatic N) is 1. The molecule has 0 aliphatic carbocycles. The molecule has 0 saturated heterocycles. The Kier molecular flexibility index (Phi) is 16.2. The highest BCUT2D eigenvalue weighted by Gasteiger charge is 2.31. The van der Waals surface area contributed by atoms with Crippen molar-refractivity contribution in [3.05, 3.63) is 35.9 Å². The number of carbonyl (C=O) groups is 5. The maximum absolute atomic E-state index is 13.1. The molecule has 0 spiro atoms. The molecule has 4 amide bonds. The third kappa shape index (κ3) is 13.9. The summed E-state index contributed by atoms with van der Waals surface area (Å²) in [5.74, 6) is -2.51. The molecule has 0 aromatic heterocycles. The Morgan fingerprint density at radius 3 is 2.12 bits per heavy atom. The first-order valence-electron chi connectivity index (χ1n) is 13.9. The van der Waals surface area contributed by atoms with Crippen molar-refractivity contribution in [3.63, 3.8) is 0 Å². The molecule has 0 heterocycles. The molecule has 42 heavy (non-hydrogen) atoms. The van der Waals surface area contributed by atoms with Gasteiger partial charge in [0, 0.05) is 6.54 Å². The molecule has 0 bridgehead atoms. The van der Waals surface area contributed by atoms with Crippen LogP contribution in [-0.4, -0.2) is 78.5 Å². The number of aliphatic hydroxyl groups is 1. The molecule has 0 aliphatic heterocycles. The second kappa shape index (κ2) is 19.0. The first kappa shape index (κ1) is 35.8. The topological polar surface area (TPSA) is 227 Å². The molecule has 9 N–H and O–H groups in total. The van der Waals surface area contributed by atoms with Gasteiger partial charge in [0.2, 0.25) is 17.7 Å². The van der Waals surface area contributed by atoms with Crippen molar-refractivity contribution >= 4 is 36.1 Å². The lowest BCUT2D eigenvalue weighted by Crippen LogP contribution is -2.59. The second-order valence-corrected chi connectivity index (χ2v) is 10.6. The Bertz CT molecular complexity index is 1050. The normalized spacial score (nSPS) is 13.7. The van der Waals surface area contributed by atoms with Crippen LogP contribution < -0.4 is 32.7 Å². The van der Waals surface area contributed by atoms with E-state index < -0.39 is 54.6 Å². The van der Waals surface area contributed by atoms with Gasteiger partial charge < -0.3 is 47.4 Å². The van der Waals surface area contributed by atoms with Crippen molar-refractivity contribution in [1.82, 2.24) is 21.3 Å². The molecule has 0 fully saturated rings. The fourth-order valence-electron chi connectivity index (χ4n) is 3.86. The van der Waals surface area contributed by atoms with Crippen molar-refractivity contribution in [2.24, 2.45) is 28.3 Å². The number of benzene rings is 1. The number of alkyl carbamates (subject to hydrolysis) is 1. The monoisotopic (exact) mass is 591 g/mol. The Balaban J connectivity index is 2.91. The average molecular weight is 592 g/mol. The second-order valence-electron chi connectivity index (χ2n) is 10.6. The van der Waals surface area contributed by atoms with E-state index in [1.807, 2.05) is 19.9 Å². The molecule has 14 nitrogen and oxygen atoms in total. The molecule has 0 aliphatic rings. The Hall–Kier alpha value is -4.20. The van der Waals surface area contributed by atoms with Crippen LogP contribution in [0.4, 0.5) is 4.79 Å². The van der Waals surface area contributed by atoms with E-state index in [0.717, 1.165) is 5.56 Å². The summed E-state index contributed by atoms with van der Waals surface area (Å²) in [5, 5.41) is 19.9. The lowest BCUT2D eigenvalue weighted by molar-refractivity contribution is -0.134. The summed E-state index contributed by atoms with van der Waals surface area (Å²) < 4.78 is 5.21. The highest BCUT2D eigenvalue weighted by atomic mass is 16.5. The zero-order chi connectivity index (χ0) is 31.7. The molecule has 234 valence electrons. The molecule has 0 saturated carbocycles. The van der Waals surface area contributed by atoms with Gasteiger partial charge in [-0.1, -0.05) is 58.0 Å². The van der Waals surface area contributed by atoms with Crippen molar-refractivity contribution in [2.45, 2.75) is 77.7 Å². The van der Waals surface area contributed by atoms with Gasteiger partial charge in [0.15, 0.2) is 5.96 Å². The van der Waals surface area contributed by atoms with Gasteiger partial charge >= 0.3 is 6.09 Å². The Morgan fingerprint density at radius 1 is 0.929 bits per heavy atom. The number of hydrogen-bond acceptors (Lipinski definition) is 8. The largest absolute Gasteiger partial charge is 0.445 e. The van der Waals surface area contributed by atoms with Crippen LogP contribution >= 0.6 is 0 Å². The minimum atomic E-state index is -1.44. The summed E-state index contributed by atoms with van der Waals surface area (Å²) in [4.78, 5) is 66.7. The average Bonchev–Trinajstić information content (AvgIpc) is 2.94. The molecule has 14 heteroatoms. The van der Waals surface area contributed by atoms with Crippen LogP contribution in [0.2, 0.25) is 0 Å². The molecule has 1 aromatic rings. The number of guanidine groups is 1. The quantitative estimate of drug-likeness (QED) is 0.0513. The van der Waals surface area contributed by atoms with E-state index in [1.165, 1.54) is 0 Å². The molecular formula is C28H45N7O7. The van der Waals surface area contributed by atoms with Crippen LogP contribution in [0.1, 0.15) is 52.5 Å². The number of rotatable bonds is 18. The Morgan fingerprint density at radius 2 is 1.57 bits per heavy atom. The van der Waals surface area contributed by atoms with E-state index in [9.17, 15) is 29.1 Å². The molecule has 1 aromatic carbocycles. The smallest absolute Gasteiger partial charge is 0.408 e. The number of hydrogen-bond donors (Lipinski definition) is 7. The number of ether oxygens (including phenoxy) is 1. The minimum Gasteiger partial charge on any atom is -0.445 e. The van der Waals surface area contributed by atoms with Crippen molar-refractivity contribution in [1.29, 1.82) is 0 Å². The van der Waals surface area contributed by atoms with Crippen LogP contribution in [0.25, 0.3) is 0 Å². The molecule has 0 radical (unpaired) electrons. The van der Waals surface area contributed by atoms with E-state index in [1.54, 1.807) is 38.1 Å². The fourth-order valence-corrected chi connectivity index (χ4v) is 3.86. The fraction of sp³-hybridized carbons (Fsp3) is 0.571. The molecule has 4 atom stereocenters. The van der Waals surface area contributed by atoms with Gasteiger partial charge in [-0.25, -0.2) is 4.79 Å². The van der Waals surface area contributed by atoms with Crippen molar-refractivity contribution < 1.29 is 33.8 Å². The summed E-state index contributed by atoms with van der Waals surface area (Å²) in [7, 11) is 0. The molecule has 1 rings (SSSR count). The SMILES string of the molecule is CC(C)C[C@@H](C=O)NC(=O)[C@@H](NC(=O)[C@H](CO)NC(=O)[C@H](CCCN=C(N)N)NC(=O)OCc1ccccc1)C(C)C. The highest BCUT2D eigenvalue weighted by molar-refractivity contribution is 5.94. The van der Waals surface area contributed by atoms with Gasteiger partial charge in [-0.15, -0.1) is 0 Å². The summed E-state index contributed by atoms with van der Waals surface area (Å²) in [6.07, 6.45) is 0.583. The minimum absolute atomic E-state index is 0.0303. The van der Waals surface area contributed by atoms with Crippen LogP contribution in [0, 0.1) is 11.8 Å². The third-order valence-electron chi connectivity index (χ3n) is 6.05. The number of amides is 4. The van der Waals surface area contributed by atoms with Crippen LogP contribution in [-0.2, 0) is 30.5 Å². The van der Waals surface area contributed by atoms with Gasteiger partial charge in [0.25, 0.3) is 0 Å². The lowest BCUT2D eigenvalue weighted by Gasteiger charge is -2.27. The van der Waals surface area contributed by atoms with E-state index in [-0.39, 0.29) is 37.4 Å². The first-order valence-corrected chi connectivity index (χ1v) is 13.9. The number of carbonyl (C=O) groups excluding carboxylic acids is 5.